The summed E-state index contributed by atoms with van der Waals surface area (Å²) >= 11 is 3.64. The van der Waals surface area contributed by atoms with Gasteiger partial charge in [0.1, 0.15) is 17.2 Å². The van der Waals surface area contributed by atoms with Crippen LogP contribution in [0.1, 0.15) is 19.3 Å². The number of hydrogen-bond acceptors (Lipinski definition) is 6. The van der Waals surface area contributed by atoms with E-state index in [1.807, 2.05) is 18.3 Å². The van der Waals surface area contributed by atoms with E-state index in [1.54, 1.807) is 6.20 Å². The third-order valence-corrected chi connectivity index (χ3v) is 7.62. The number of nitrogens with one attached hydrogen (secondary N) is 2. The van der Waals surface area contributed by atoms with Crippen LogP contribution in [0.4, 0.5) is 11.5 Å². The van der Waals surface area contributed by atoms with Gasteiger partial charge in [0.15, 0.2) is 5.65 Å². The van der Waals surface area contributed by atoms with E-state index in [1.165, 1.54) is 12.8 Å². The Kier molecular flexibility index (Phi) is 4.67. The van der Waals surface area contributed by atoms with Gasteiger partial charge in [-0.1, -0.05) is 12.2 Å². The zero-order valence-corrected chi connectivity index (χ0v) is 19.0. The number of carbonyl (C=O) groups excluding carboxylic acids is 1. The van der Waals surface area contributed by atoms with Crippen LogP contribution in [-0.4, -0.2) is 45.0 Å². The molecule has 0 radical (unpaired) electrons. The molecule has 4 atom stereocenters. The molecule has 1 saturated heterocycles. The largest absolute Gasteiger partial charge is 0.378 e. The Hall–Kier alpha value is -2.94. The van der Waals surface area contributed by atoms with Crippen molar-refractivity contribution in [3.8, 4) is 11.4 Å². The van der Waals surface area contributed by atoms with E-state index in [0.29, 0.717) is 5.65 Å². The van der Waals surface area contributed by atoms with Gasteiger partial charge in [0, 0.05) is 31.5 Å². The SMILES string of the molecule is NC(=O)[C@@H]1[C@H](Nc2c(Br)cnc3nc(-c4cccnc4N4CCCC4)[nH]c23)[C@H]2C=C[C@@H]1C2. The van der Waals surface area contributed by atoms with E-state index in [4.69, 9.17) is 10.7 Å². The summed E-state index contributed by atoms with van der Waals surface area (Å²) in [5, 5.41) is 3.61. The van der Waals surface area contributed by atoms with Gasteiger partial charge < -0.3 is 20.9 Å². The van der Waals surface area contributed by atoms with Gasteiger partial charge in [0.05, 0.1) is 21.6 Å². The van der Waals surface area contributed by atoms with Gasteiger partial charge in [0.25, 0.3) is 0 Å². The lowest BCUT2D eigenvalue weighted by molar-refractivity contribution is -0.122. The second-order valence-corrected chi connectivity index (χ2v) is 9.73. The zero-order chi connectivity index (χ0) is 21.8. The summed E-state index contributed by atoms with van der Waals surface area (Å²) in [6, 6.07) is 3.93. The van der Waals surface area contributed by atoms with E-state index in [9.17, 15) is 4.79 Å². The van der Waals surface area contributed by atoms with Crippen molar-refractivity contribution in [2.45, 2.75) is 25.3 Å². The van der Waals surface area contributed by atoms with Crippen LogP contribution in [0.2, 0.25) is 0 Å². The first-order valence-electron chi connectivity index (χ1n) is 11.1. The molecule has 164 valence electrons. The Morgan fingerprint density at radius 1 is 1.22 bits per heavy atom. The van der Waals surface area contributed by atoms with Crippen molar-refractivity contribution >= 4 is 44.5 Å². The monoisotopic (exact) mass is 493 g/mol. The molecule has 3 aromatic heterocycles. The van der Waals surface area contributed by atoms with Crippen molar-refractivity contribution < 1.29 is 4.79 Å². The highest BCUT2D eigenvalue weighted by molar-refractivity contribution is 9.10. The highest BCUT2D eigenvalue weighted by atomic mass is 79.9. The quantitative estimate of drug-likeness (QED) is 0.469. The lowest BCUT2D eigenvalue weighted by Crippen LogP contribution is -2.41. The van der Waals surface area contributed by atoms with Gasteiger partial charge in [-0.2, -0.15) is 0 Å². The van der Waals surface area contributed by atoms with Crippen molar-refractivity contribution in [2.75, 3.05) is 23.3 Å². The number of primary amides is 1. The molecule has 32 heavy (non-hydrogen) atoms. The molecular formula is C23H24BrN7O. The molecule has 1 amide bonds. The number of fused-ring (bicyclic) bond motifs is 3. The maximum Gasteiger partial charge on any atom is 0.223 e. The van der Waals surface area contributed by atoms with Crippen molar-refractivity contribution in [2.24, 2.45) is 23.5 Å². The van der Waals surface area contributed by atoms with Crippen LogP contribution in [0.25, 0.3) is 22.6 Å². The van der Waals surface area contributed by atoms with Crippen molar-refractivity contribution in [3.05, 3.63) is 41.2 Å². The maximum atomic E-state index is 12.2. The standard InChI is InChI=1S/C23H24BrN7O/c24-15-11-27-22-19(18(15)28-17-13-6-5-12(10-13)16(17)20(25)32)29-21(30-22)14-4-3-7-26-23(14)31-8-1-2-9-31/h3-7,11-13,16-17H,1-2,8-10H2,(H2,25,32)(H2,27,28,29,30)/t12-,13+,16+,17-/m1/s1. The van der Waals surface area contributed by atoms with Gasteiger partial charge in [-0.25, -0.2) is 15.0 Å². The summed E-state index contributed by atoms with van der Waals surface area (Å²) in [5.74, 6) is 1.71. The minimum Gasteiger partial charge on any atom is -0.378 e. The van der Waals surface area contributed by atoms with E-state index in [0.717, 1.165) is 52.4 Å². The molecule has 3 aliphatic rings. The first-order valence-corrected chi connectivity index (χ1v) is 11.9. The number of allylic oxidation sites excluding steroid dienone is 1. The Morgan fingerprint density at radius 2 is 2.03 bits per heavy atom. The molecule has 3 aromatic rings. The number of nitrogens with two attached hydrogens (primary N) is 1. The highest BCUT2D eigenvalue weighted by Gasteiger charge is 2.47. The summed E-state index contributed by atoms with van der Waals surface area (Å²) in [5.41, 5.74) is 9.02. The Bertz CT molecular complexity index is 1230. The van der Waals surface area contributed by atoms with E-state index in [-0.39, 0.29) is 29.7 Å². The fourth-order valence-corrected chi connectivity index (χ4v) is 5.95. The number of amides is 1. The molecule has 4 heterocycles. The summed E-state index contributed by atoms with van der Waals surface area (Å²) in [6.07, 6.45) is 11.2. The predicted octanol–water partition coefficient (Wildman–Crippen LogP) is 3.47. The third-order valence-electron chi connectivity index (χ3n) is 7.02. The molecule has 9 heteroatoms. The van der Waals surface area contributed by atoms with Crippen molar-refractivity contribution in [1.29, 1.82) is 0 Å². The van der Waals surface area contributed by atoms with Crippen LogP contribution < -0.4 is 16.0 Å². The fraction of sp³-hybridized carbons (Fsp3) is 0.391. The van der Waals surface area contributed by atoms with Crippen LogP contribution in [0.3, 0.4) is 0 Å². The Labute approximate surface area is 193 Å². The van der Waals surface area contributed by atoms with Gasteiger partial charge in [-0.3, -0.25) is 4.79 Å². The molecular weight excluding hydrogens is 470 g/mol. The van der Waals surface area contributed by atoms with Crippen LogP contribution in [-0.2, 0) is 4.79 Å². The summed E-state index contributed by atoms with van der Waals surface area (Å²) < 4.78 is 0.820. The molecule has 0 aromatic carbocycles. The Balaban J connectivity index is 1.41. The number of hydrogen-bond donors (Lipinski definition) is 3. The molecule has 6 rings (SSSR count). The first-order chi connectivity index (χ1) is 15.6. The molecule has 1 aliphatic heterocycles. The molecule has 1 saturated carbocycles. The molecule has 8 nitrogen and oxygen atoms in total. The number of pyridine rings is 2. The van der Waals surface area contributed by atoms with Crippen molar-refractivity contribution in [3.63, 3.8) is 0 Å². The number of anilines is 2. The predicted molar refractivity (Wildman–Crippen MR) is 127 cm³/mol. The van der Waals surface area contributed by atoms with E-state index in [2.05, 4.69) is 53.3 Å². The first kappa shape index (κ1) is 19.7. The number of H-pyrrole nitrogens is 1. The highest BCUT2D eigenvalue weighted by Crippen LogP contribution is 2.46. The van der Waals surface area contributed by atoms with Gasteiger partial charge >= 0.3 is 0 Å². The number of halogens is 1. The van der Waals surface area contributed by atoms with E-state index >= 15 is 0 Å². The molecule has 2 aliphatic carbocycles. The van der Waals surface area contributed by atoms with Crippen LogP contribution >= 0.6 is 15.9 Å². The fourth-order valence-electron chi connectivity index (χ4n) is 5.54. The molecule has 4 N–H and O–H groups in total. The minimum atomic E-state index is -0.253. The summed E-state index contributed by atoms with van der Waals surface area (Å²) in [7, 11) is 0. The second-order valence-electron chi connectivity index (χ2n) is 8.88. The number of imidazole rings is 1. The minimum absolute atomic E-state index is 0.0466. The topological polar surface area (TPSA) is 113 Å². The smallest absolute Gasteiger partial charge is 0.223 e. The average Bonchev–Trinajstić information content (AvgIpc) is 3.58. The average molecular weight is 494 g/mol. The number of rotatable bonds is 5. The molecule has 0 unspecified atom stereocenters. The number of carbonyl (C=O) groups is 1. The maximum absolute atomic E-state index is 12.2. The van der Waals surface area contributed by atoms with Crippen LogP contribution in [0.15, 0.2) is 41.2 Å². The second kappa shape index (κ2) is 7.58. The lowest BCUT2D eigenvalue weighted by atomic mass is 9.88. The molecule has 0 spiro atoms. The molecule has 2 fully saturated rings. The van der Waals surface area contributed by atoms with Gasteiger partial charge in [-0.15, -0.1) is 0 Å². The third kappa shape index (κ3) is 3.09. The summed E-state index contributed by atoms with van der Waals surface area (Å²) in [6.45, 7) is 2.01. The summed E-state index contributed by atoms with van der Waals surface area (Å²) in [4.78, 5) is 31.9. The Morgan fingerprint density at radius 3 is 2.84 bits per heavy atom. The van der Waals surface area contributed by atoms with Crippen LogP contribution in [0, 0.1) is 17.8 Å². The lowest BCUT2D eigenvalue weighted by Gasteiger charge is -2.28. The number of nitrogens with zero attached hydrogens (tertiary/aromatic N) is 4. The van der Waals surface area contributed by atoms with Crippen LogP contribution in [0.5, 0.6) is 0 Å². The number of aromatic amines is 1. The zero-order valence-electron chi connectivity index (χ0n) is 17.5. The normalized spacial score (nSPS) is 26.3. The van der Waals surface area contributed by atoms with Gasteiger partial charge in [-0.05, 0) is 59.2 Å². The number of aromatic nitrogens is 4. The van der Waals surface area contributed by atoms with Crippen molar-refractivity contribution in [1.82, 2.24) is 19.9 Å². The van der Waals surface area contributed by atoms with E-state index < -0.39 is 0 Å². The van der Waals surface area contributed by atoms with Gasteiger partial charge in [0.2, 0.25) is 5.91 Å². The molecule has 2 bridgehead atoms.